The van der Waals surface area contributed by atoms with Crippen molar-refractivity contribution in [1.29, 1.82) is 0 Å². The summed E-state index contributed by atoms with van der Waals surface area (Å²) in [6, 6.07) is 34.1. The monoisotopic (exact) mass is 661 g/mol. The van der Waals surface area contributed by atoms with Crippen LogP contribution in [0.2, 0.25) is 0 Å². The second kappa shape index (κ2) is 18.8. The molecule has 0 spiro atoms. The number of methoxy groups -OCH3 is 1. The van der Waals surface area contributed by atoms with Crippen molar-refractivity contribution in [2.45, 2.75) is 58.1 Å². The molecule has 49 heavy (non-hydrogen) atoms. The summed E-state index contributed by atoms with van der Waals surface area (Å²) in [5.74, 6) is -3.59. The Morgan fingerprint density at radius 3 is 1.80 bits per heavy atom. The number of Topliss-reactive ketones (excluding diaryl/α,β-unsaturated/α-hetero) is 3. The molecule has 0 bridgehead atoms. The zero-order valence-electron chi connectivity index (χ0n) is 28.0. The molecule has 0 aromatic heterocycles. The molecule has 0 aliphatic rings. The number of ketones is 3. The molecule has 0 aliphatic carbocycles. The van der Waals surface area contributed by atoms with Gasteiger partial charge in [-0.2, -0.15) is 0 Å². The van der Waals surface area contributed by atoms with E-state index in [-0.39, 0.29) is 44.5 Å². The van der Waals surface area contributed by atoms with Crippen molar-refractivity contribution in [2.24, 2.45) is 11.8 Å². The van der Waals surface area contributed by atoms with Gasteiger partial charge >= 0.3 is 5.97 Å². The van der Waals surface area contributed by atoms with Crippen LogP contribution >= 0.6 is 0 Å². The van der Waals surface area contributed by atoms with E-state index in [0.29, 0.717) is 12.2 Å². The molecule has 0 saturated heterocycles. The SMILES string of the molecule is COc1ccc(C[C@H](NC(=O)[C@H](C)CC(=O)OCc2ccccc2)C(=O)C[C@@H](Cc2ccccc2)C(=O)C(=O)CCc2ccccc2)cc1. The van der Waals surface area contributed by atoms with E-state index in [1.165, 1.54) is 0 Å². The molecule has 1 amide bonds. The van der Waals surface area contributed by atoms with Crippen LogP contribution in [0.25, 0.3) is 0 Å². The molecule has 4 aromatic carbocycles. The van der Waals surface area contributed by atoms with Gasteiger partial charge in [0.15, 0.2) is 11.6 Å². The maximum atomic E-state index is 14.0. The van der Waals surface area contributed by atoms with E-state index in [4.69, 9.17) is 9.47 Å². The summed E-state index contributed by atoms with van der Waals surface area (Å²) in [6.07, 6.45) is 0.390. The minimum absolute atomic E-state index is 0.0340. The van der Waals surface area contributed by atoms with Gasteiger partial charge in [-0.3, -0.25) is 24.0 Å². The largest absolute Gasteiger partial charge is 0.497 e. The number of rotatable bonds is 19. The molecule has 4 rings (SSSR count). The van der Waals surface area contributed by atoms with Crippen LogP contribution in [0.5, 0.6) is 5.75 Å². The van der Waals surface area contributed by atoms with Gasteiger partial charge in [0.25, 0.3) is 0 Å². The Bertz CT molecular complexity index is 1670. The average molecular weight is 662 g/mol. The lowest BCUT2D eigenvalue weighted by molar-refractivity contribution is -0.148. The Balaban J connectivity index is 1.48. The van der Waals surface area contributed by atoms with Gasteiger partial charge in [-0.15, -0.1) is 0 Å². The van der Waals surface area contributed by atoms with E-state index in [2.05, 4.69) is 5.32 Å². The van der Waals surface area contributed by atoms with Gasteiger partial charge in [-0.1, -0.05) is 110 Å². The Hall–Kier alpha value is -5.37. The number of amides is 1. The first kappa shape index (κ1) is 36.5. The highest BCUT2D eigenvalue weighted by atomic mass is 16.5. The van der Waals surface area contributed by atoms with Crippen LogP contribution in [0.4, 0.5) is 0 Å². The first-order valence-corrected chi connectivity index (χ1v) is 16.5. The van der Waals surface area contributed by atoms with E-state index in [1.54, 1.807) is 38.3 Å². The van der Waals surface area contributed by atoms with Crippen LogP contribution in [0.1, 0.15) is 48.4 Å². The molecule has 0 aliphatic heterocycles. The summed E-state index contributed by atoms with van der Waals surface area (Å²) in [7, 11) is 1.55. The highest BCUT2D eigenvalue weighted by molar-refractivity contribution is 6.38. The number of esters is 1. The predicted molar refractivity (Wildman–Crippen MR) is 187 cm³/mol. The predicted octanol–water partition coefficient (Wildman–Crippen LogP) is 6.08. The molecule has 8 nitrogen and oxygen atoms in total. The van der Waals surface area contributed by atoms with Gasteiger partial charge in [0.05, 0.1) is 19.6 Å². The molecule has 8 heteroatoms. The standard InChI is InChI=1S/C41H43NO7/c1-29(24-39(45)49-28-33-16-10-5-11-17-33)41(47)42-36(26-32-18-21-35(48-2)22-19-32)38(44)27-34(25-31-14-8-4-9-15-31)40(46)37(43)23-20-30-12-6-3-7-13-30/h3-19,21-22,29,34,36H,20,23-28H2,1-2H3,(H,42,47)/t29-,34-,36+/m1/s1. The molecule has 3 atom stereocenters. The molecule has 4 aromatic rings. The van der Waals surface area contributed by atoms with E-state index in [1.807, 2.05) is 91.0 Å². The highest BCUT2D eigenvalue weighted by Crippen LogP contribution is 2.20. The number of hydrogen-bond donors (Lipinski definition) is 1. The molecule has 0 heterocycles. The Morgan fingerprint density at radius 1 is 0.653 bits per heavy atom. The zero-order valence-corrected chi connectivity index (χ0v) is 28.0. The number of carbonyl (C=O) groups excluding carboxylic acids is 5. The summed E-state index contributed by atoms with van der Waals surface area (Å²) in [5, 5.41) is 2.83. The van der Waals surface area contributed by atoms with Crippen molar-refractivity contribution in [1.82, 2.24) is 5.32 Å². The van der Waals surface area contributed by atoms with Crippen molar-refractivity contribution < 1.29 is 33.4 Å². The average Bonchev–Trinajstić information content (AvgIpc) is 3.13. The van der Waals surface area contributed by atoms with Gasteiger partial charge in [0.2, 0.25) is 11.7 Å². The molecule has 0 unspecified atom stereocenters. The lowest BCUT2D eigenvalue weighted by Gasteiger charge is -2.23. The van der Waals surface area contributed by atoms with Crippen LogP contribution in [-0.2, 0) is 54.6 Å². The Kier molecular flexibility index (Phi) is 14.0. The summed E-state index contributed by atoms with van der Waals surface area (Å²) < 4.78 is 10.6. The molecule has 0 radical (unpaired) electrons. The fourth-order valence-corrected chi connectivity index (χ4v) is 5.49. The van der Waals surface area contributed by atoms with Gasteiger partial charge in [0, 0.05) is 24.7 Å². The zero-order chi connectivity index (χ0) is 35.0. The third-order valence-electron chi connectivity index (χ3n) is 8.37. The smallest absolute Gasteiger partial charge is 0.306 e. The maximum absolute atomic E-state index is 14.0. The van der Waals surface area contributed by atoms with E-state index < -0.39 is 41.3 Å². The summed E-state index contributed by atoms with van der Waals surface area (Å²) in [4.78, 5) is 66.8. The third kappa shape index (κ3) is 12.0. The van der Waals surface area contributed by atoms with Crippen molar-refractivity contribution in [3.05, 3.63) is 138 Å². The van der Waals surface area contributed by atoms with Crippen LogP contribution in [-0.4, -0.2) is 42.4 Å². The summed E-state index contributed by atoms with van der Waals surface area (Å²) >= 11 is 0. The van der Waals surface area contributed by atoms with Gasteiger partial charge in [-0.05, 0) is 53.6 Å². The minimum Gasteiger partial charge on any atom is -0.497 e. The topological polar surface area (TPSA) is 116 Å². The summed E-state index contributed by atoms with van der Waals surface area (Å²) in [6.45, 7) is 1.69. The van der Waals surface area contributed by atoms with E-state index >= 15 is 0 Å². The van der Waals surface area contributed by atoms with E-state index in [0.717, 1.165) is 22.3 Å². The Labute approximate surface area is 287 Å². The van der Waals surface area contributed by atoms with Crippen LogP contribution in [0.3, 0.4) is 0 Å². The quantitative estimate of drug-likeness (QED) is 0.0957. The van der Waals surface area contributed by atoms with E-state index in [9.17, 15) is 24.0 Å². The number of hydrogen-bond acceptors (Lipinski definition) is 7. The number of benzene rings is 4. The van der Waals surface area contributed by atoms with Crippen molar-refractivity contribution in [2.75, 3.05) is 7.11 Å². The van der Waals surface area contributed by atoms with Gasteiger partial charge < -0.3 is 14.8 Å². The number of carbonyl (C=O) groups is 5. The first-order valence-electron chi connectivity index (χ1n) is 16.5. The van der Waals surface area contributed by atoms with Crippen molar-refractivity contribution >= 4 is 29.2 Å². The van der Waals surface area contributed by atoms with Gasteiger partial charge in [0.1, 0.15) is 12.4 Å². The fourth-order valence-electron chi connectivity index (χ4n) is 5.49. The molecular weight excluding hydrogens is 618 g/mol. The molecule has 0 saturated carbocycles. The first-order chi connectivity index (χ1) is 23.7. The maximum Gasteiger partial charge on any atom is 0.306 e. The molecule has 1 N–H and O–H groups in total. The second-order valence-corrected chi connectivity index (χ2v) is 12.2. The van der Waals surface area contributed by atoms with Crippen molar-refractivity contribution in [3.63, 3.8) is 0 Å². The Morgan fingerprint density at radius 2 is 1.20 bits per heavy atom. The lowest BCUT2D eigenvalue weighted by atomic mass is 9.85. The second-order valence-electron chi connectivity index (χ2n) is 12.2. The fraction of sp³-hybridized carbons (Fsp3) is 0.293. The molecular formula is C41H43NO7. The highest BCUT2D eigenvalue weighted by Gasteiger charge is 2.32. The third-order valence-corrected chi connectivity index (χ3v) is 8.37. The normalized spacial score (nSPS) is 12.6. The van der Waals surface area contributed by atoms with Gasteiger partial charge in [-0.25, -0.2) is 0 Å². The summed E-state index contributed by atoms with van der Waals surface area (Å²) in [5.41, 5.74) is 3.36. The van der Waals surface area contributed by atoms with Crippen molar-refractivity contribution in [3.8, 4) is 5.75 Å². The number of ether oxygens (including phenoxy) is 2. The van der Waals surface area contributed by atoms with Crippen LogP contribution in [0.15, 0.2) is 115 Å². The van der Waals surface area contributed by atoms with Crippen LogP contribution < -0.4 is 10.1 Å². The molecule has 254 valence electrons. The minimum atomic E-state index is -1.01. The number of aryl methyl sites for hydroxylation is 1. The van der Waals surface area contributed by atoms with Crippen LogP contribution in [0, 0.1) is 11.8 Å². The molecule has 0 fully saturated rings. The number of nitrogens with one attached hydrogen (secondary N) is 1. The lowest BCUT2D eigenvalue weighted by Crippen LogP contribution is -2.46.